The third-order valence-corrected chi connectivity index (χ3v) is 3.64. The van der Waals surface area contributed by atoms with Crippen LogP contribution in [0.2, 0.25) is 0 Å². The van der Waals surface area contributed by atoms with Crippen LogP contribution in [0.1, 0.15) is 0 Å². The average Bonchev–Trinajstić information content (AvgIpc) is 2.81. The van der Waals surface area contributed by atoms with Gasteiger partial charge in [-0.05, 0) is 0 Å². The van der Waals surface area contributed by atoms with E-state index in [2.05, 4.69) is 0 Å². The number of carboxylic acid groups (broad SMARTS) is 4. The molecule has 2 fully saturated rings. The third kappa shape index (κ3) is 2.08. The van der Waals surface area contributed by atoms with Crippen LogP contribution in [0.4, 0.5) is 0 Å². The minimum atomic E-state index is -1.56. The smallest absolute Gasteiger partial charge is 0.310 e. The maximum Gasteiger partial charge on any atom is 0.310 e. The molecule has 0 spiro atoms. The molecule has 4 unspecified atom stereocenters. The Balaban J connectivity index is 0.00000200. The molecule has 2 bridgehead atoms. The molecule has 2 aliphatic rings. The lowest BCUT2D eigenvalue weighted by Gasteiger charge is -2.29. The highest BCUT2D eigenvalue weighted by atomic mass is 35.5. The molecule has 0 radical (unpaired) electrons. The Morgan fingerprint density at radius 1 is 0.600 bits per heavy atom. The molecule has 0 aromatic carbocycles. The minimum absolute atomic E-state index is 0. The summed E-state index contributed by atoms with van der Waals surface area (Å²) in [6, 6.07) is 0. The molecule has 2 rings (SSSR count). The summed E-state index contributed by atoms with van der Waals surface area (Å²) in [6.07, 6.45) is -2.88. The maximum atomic E-state index is 11.1. The molecule has 0 aromatic rings. The zero-order valence-electron chi connectivity index (χ0n) is 9.70. The standard InChI is InChI=1S/C10H10O9.ClH/c11-7(12)1-2(8(13)14)6-4(10(17)18)3(9(15)16)5(1)19-6;/h1-6H,(H,11,12)(H,13,14)(H,15,16)(H,17,18);1H. The lowest BCUT2D eigenvalue weighted by atomic mass is 9.68. The van der Waals surface area contributed by atoms with Gasteiger partial charge in [0.25, 0.3) is 0 Å². The molecule has 112 valence electrons. The molecule has 20 heavy (non-hydrogen) atoms. The molecule has 2 aliphatic heterocycles. The fourth-order valence-corrected chi connectivity index (χ4v) is 2.96. The summed E-state index contributed by atoms with van der Waals surface area (Å²) < 4.78 is 5.04. The summed E-state index contributed by atoms with van der Waals surface area (Å²) in [6.45, 7) is 0. The number of carboxylic acids is 4. The van der Waals surface area contributed by atoms with Crippen LogP contribution >= 0.6 is 12.4 Å². The second-order valence-corrected chi connectivity index (χ2v) is 4.52. The molecule has 10 heteroatoms. The van der Waals surface area contributed by atoms with E-state index in [0.717, 1.165) is 0 Å². The molecule has 0 aromatic heterocycles. The van der Waals surface area contributed by atoms with Gasteiger partial charge in [0.1, 0.15) is 0 Å². The number of fused-ring (bicyclic) bond motifs is 2. The first-order valence-corrected chi connectivity index (χ1v) is 5.34. The summed E-state index contributed by atoms with van der Waals surface area (Å²) in [5, 5.41) is 36.0. The van der Waals surface area contributed by atoms with E-state index in [9.17, 15) is 19.2 Å². The van der Waals surface area contributed by atoms with Crippen molar-refractivity contribution in [1.82, 2.24) is 0 Å². The quantitative estimate of drug-likeness (QED) is 0.510. The van der Waals surface area contributed by atoms with Crippen LogP contribution in [0.5, 0.6) is 0 Å². The van der Waals surface area contributed by atoms with Crippen molar-refractivity contribution in [1.29, 1.82) is 0 Å². The molecule has 4 atom stereocenters. The number of hydrogen-bond donors (Lipinski definition) is 4. The van der Waals surface area contributed by atoms with Crippen molar-refractivity contribution >= 4 is 36.3 Å². The van der Waals surface area contributed by atoms with Gasteiger partial charge in [0.2, 0.25) is 0 Å². The molecule has 4 N–H and O–H groups in total. The molecular formula is C10H11ClO9. The molecule has 9 nitrogen and oxygen atoms in total. The minimum Gasteiger partial charge on any atom is -0.481 e. The van der Waals surface area contributed by atoms with Gasteiger partial charge >= 0.3 is 23.9 Å². The molecule has 0 aliphatic carbocycles. The number of hydrogen-bond acceptors (Lipinski definition) is 5. The Morgan fingerprint density at radius 3 is 0.950 bits per heavy atom. The van der Waals surface area contributed by atoms with Gasteiger partial charge in [-0.3, -0.25) is 19.2 Å². The molecular weight excluding hydrogens is 300 g/mol. The van der Waals surface area contributed by atoms with Gasteiger partial charge in [-0.15, -0.1) is 12.4 Å². The van der Waals surface area contributed by atoms with Crippen molar-refractivity contribution in [2.45, 2.75) is 12.2 Å². The normalized spacial score (nSPS) is 38.0. The SMILES string of the molecule is Cl.O=C(O)C1C2OC(C1C(=O)O)C(C(=O)O)C2C(=O)O. The highest BCUT2D eigenvalue weighted by molar-refractivity contribution is 5.89. The summed E-state index contributed by atoms with van der Waals surface area (Å²) in [7, 11) is 0. The third-order valence-electron chi connectivity index (χ3n) is 3.64. The number of ether oxygens (including phenoxy) is 1. The van der Waals surface area contributed by atoms with Crippen LogP contribution in [0, 0.1) is 23.7 Å². The highest BCUT2D eigenvalue weighted by Crippen LogP contribution is 2.50. The van der Waals surface area contributed by atoms with E-state index in [1.54, 1.807) is 0 Å². The number of aliphatic carboxylic acids is 4. The second kappa shape index (κ2) is 5.25. The number of halogens is 1. The Morgan fingerprint density at radius 2 is 0.800 bits per heavy atom. The van der Waals surface area contributed by atoms with Gasteiger partial charge in [0, 0.05) is 0 Å². The molecule has 2 heterocycles. The van der Waals surface area contributed by atoms with Crippen molar-refractivity contribution in [3.05, 3.63) is 0 Å². The monoisotopic (exact) mass is 310 g/mol. The van der Waals surface area contributed by atoms with E-state index < -0.39 is 59.8 Å². The van der Waals surface area contributed by atoms with Crippen LogP contribution in [-0.4, -0.2) is 56.5 Å². The van der Waals surface area contributed by atoms with E-state index in [4.69, 9.17) is 25.2 Å². The number of carbonyl (C=O) groups is 4. The van der Waals surface area contributed by atoms with E-state index in [-0.39, 0.29) is 12.4 Å². The zero-order valence-corrected chi connectivity index (χ0v) is 10.5. The highest BCUT2D eigenvalue weighted by Gasteiger charge is 2.68. The van der Waals surface area contributed by atoms with E-state index >= 15 is 0 Å². The lowest BCUT2D eigenvalue weighted by molar-refractivity contribution is -0.164. The molecule has 0 saturated carbocycles. The largest absolute Gasteiger partial charge is 0.481 e. The van der Waals surface area contributed by atoms with E-state index in [0.29, 0.717) is 0 Å². The van der Waals surface area contributed by atoms with Gasteiger partial charge in [-0.1, -0.05) is 0 Å². The Bertz CT molecular complexity index is 393. The van der Waals surface area contributed by atoms with Crippen molar-refractivity contribution in [3.8, 4) is 0 Å². The van der Waals surface area contributed by atoms with Gasteiger partial charge in [0.05, 0.1) is 35.9 Å². The maximum absolute atomic E-state index is 11.1. The second-order valence-electron chi connectivity index (χ2n) is 4.52. The summed E-state index contributed by atoms with van der Waals surface area (Å²) in [5.74, 6) is -12.2. The topological polar surface area (TPSA) is 158 Å². The predicted octanol–water partition coefficient (Wildman–Crippen LogP) is -1.01. The van der Waals surface area contributed by atoms with E-state index in [1.807, 2.05) is 0 Å². The summed E-state index contributed by atoms with van der Waals surface area (Å²) in [4.78, 5) is 44.3. The van der Waals surface area contributed by atoms with Crippen LogP contribution < -0.4 is 0 Å². The van der Waals surface area contributed by atoms with Gasteiger partial charge in [-0.2, -0.15) is 0 Å². The lowest BCUT2D eigenvalue weighted by Crippen LogP contribution is -2.51. The first-order chi connectivity index (χ1) is 8.77. The fraction of sp³-hybridized carbons (Fsp3) is 0.600. The first kappa shape index (κ1) is 16.2. The van der Waals surface area contributed by atoms with Gasteiger partial charge in [0.15, 0.2) is 0 Å². The van der Waals surface area contributed by atoms with Crippen molar-refractivity contribution in [2.24, 2.45) is 23.7 Å². The van der Waals surface area contributed by atoms with Crippen molar-refractivity contribution in [2.75, 3.05) is 0 Å². The Kier molecular flexibility index (Phi) is 4.25. The van der Waals surface area contributed by atoms with Crippen LogP contribution in [0.3, 0.4) is 0 Å². The summed E-state index contributed by atoms with van der Waals surface area (Å²) >= 11 is 0. The molecule has 0 amide bonds. The Labute approximate surface area is 117 Å². The van der Waals surface area contributed by atoms with Gasteiger partial charge < -0.3 is 25.2 Å². The first-order valence-electron chi connectivity index (χ1n) is 5.34. The Hall–Kier alpha value is -1.87. The zero-order chi connectivity index (χ0) is 14.5. The fourth-order valence-electron chi connectivity index (χ4n) is 2.96. The predicted molar refractivity (Wildman–Crippen MR) is 60.4 cm³/mol. The van der Waals surface area contributed by atoms with Crippen molar-refractivity contribution < 1.29 is 44.3 Å². The number of rotatable bonds is 4. The van der Waals surface area contributed by atoms with Crippen LogP contribution in [0.25, 0.3) is 0 Å². The van der Waals surface area contributed by atoms with E-state index in [1.165, 1.54) is 0 Å². The van der Waals surface area contributed by atoms with Crippen LogP contribution in [-0.2, 0) is 23.9 Å². The molecule has 2 saturated heterocycles. The van der Waals surface area contributed by atoms with Crippen molar-refractivity contribution in [3.63, 3.8) is 0 Å². The van der Waals surface area contributed by atoms with Crippen LogP contribution in [0.15, 0.2) is 0 Å². The van der Waals surface area contributed by atoms with Gasteiger partial charge in [-0.25, -0.2) is 0 Å². The summed E-state index contributed by atoms with van der Waals surface area (Å²) in [5.41, 5.74) is 0. The average molecular weight is 311 g/mol.